The molecule has 24 heavy (non-hydrogen) atoms. The van der Waals surface area contributed by atoms with E-state index in [9.17, 15) is 4.79 Å². The van der Waals surface area contributed by atoms with Crippen LogP contribution in [0.2, 0.25) is 0 Å². The van der Waals surface area contributed by atoms with Crippen LogP contribution in [0.4, 0.5) is 0 Å². The molecule has 1 atom stereocenters. The first-order valence-corrected chi connectivity index (χ1v) is 9.25. The first-order valence-electron chi connectivity index (χ1n) is 8.31. The summed E-state index contributed by atoms with van der Waals surface area (Å²) in [5.41, 5.74) is 3.46. The smallest absolute Gasteiger partial charge is 0.273 e. The second-order valence-corrected chi connectivity index (χ2v) is 6.72. The number of ether oxygens (including phenoxy) is 1. The Bertz CT molecular complexity index is 675. The number of thiazole rings is 1. The molecule has 0 bridgehead atoms. The van der Waals surface area contributed by atoms with Crippen molar-refractivity contribution in [2.45, 2.75) is 26.4 Å². The van der Waals surface area contributed by atoms with Gasteiger partial charge >= 0.3 is 0 Å². The second-order valence-electron chi connectivity index (χ2n) is 6.00. The third-order valence-corrected chi connectivity index (χ3v) is 4.88. The predicted octanol–water partition coefficient (Wildman–Crippen LogP) is 2.89. The third-order valence-electron chi connectivity index (χ3n) is 4.29. The van der Waals surface area contributed by atoms with E-state index in [2.05, 4.69) is 22.9 Å². The Kier molecular flexibility index (Phi) is 5.48. The van der Waals surface area contributed by atoms with Crippen molar-refractivity contribution >= 4 is 17.2 Å². The summed E-state index contributed by atoms with van der Waals surface area (Å²) in [6.45, 7) is 8.07. The van der Waals surface area contributed by atoms with Crippen molar-refractivity contribution in [2.75, 3.05) is 26.2 Å². The zero-order valence-corrected chi connectivity index (χ0v) is 15.0. The molecule has 1 aliphatic rings. The van der Waals surface area contributed by atoms with Crippen LogP contribution in [0.25, 0.3) is 0 Å². The predicted molar refractivity (Wildman–Crippen MR) is 95.5 cm³/mol. The number of para-hydroxylation sites is 1. The highest BCUT2D eigenvalue weighted by molar-refractivity contribution is 7.07. The van der Waals surface area contributed by atoms with Gasteiger partial charge in [-0.2, -0.15) is 0 Å². The minimum atomic E-state index is 0.0399. The monoisotopic (exact) mass is 345 g/mol. The van der Waals surface area contributed by atoms with E-state index in [-0.39, 0.29) is 11.9 Å². The van der Waals surface area contributed by atoms with Crippen LogP contribution in [-0.2, 0) is 6.54 Å². The fourth-order valence-corrected chi connectivity index (χ4v) is 3.64. The Balaban J connectivity index is 1.63. The molecule has 0 saturated carbocycles. The van der Waals surface area contributed by atoms with E-state index in [4.69, 9.17) is 4.74 Å². The van der Waals surface area contributed by atoms with Gasteiger partial charge < -0.3 is 9.64 Å². The van der Waals surface area contributed by atoms with Crippen LogP contribution < -0.4 is 4.74 Å². The lowest BCUT2D eigenvalue weighted by molar-refractivity contribution is 0.0469. The van der Waals surface area contributed by atoms with Crippen molar-refractivity contribution in [3.8, 4) is 5.75 Å². The second kappa shape index (κ2) is 7.77. The molecule has 1 saturated heterocycles. The minimum Gasteiger partial charge on any atom is -0.494 e. The molecule has 0 radical (unpaired) electrons. The normalized spacial score (nSPS) is 18.6. The van der Waals surface area contributed by atoms with Crippen molar-refractivity contribution in [2.24, 2.45) is 0 Å². The molecule has 1 fully saturated rings. The molecule has 1 aliphatic heterocycles. The number of benzene rings is 1. The average molecular weight is 345 g/mol. The van der Waals surface area contributed by atoms with Gasteiger partial charge in [-0.3, -0.25) is 9.69 Å². The van der Waals surface area contributed by atoms with Gasteiger partial charge in [-0.15, -0.1) is 11.3 Å². The minimum absolute atomic E-state index is 0.0399. The first-order chi connectivity index (χ1) is 11.7. The van der Waals surface area contributed by atoms with Crippen molar-refractivity contribution in [1.82, 2.24) is 14.8 Å². The van der Waals surface area contributed by atoms with Crippen LogP contribution in [0, 0.1) is 0 Å². The fraction of sp³-hybridized carbons (Fsp3) is 0.444. The zero-order valence-electron chi connectivity index (χ0n) is 14.1. The third kappa shape index (κ3) is 3.76. The number of hydrogen-bond acceptors (Lipinski definition) is 5. The zero-order chi connectivity index (χ0) is 16.9. The number of rotatable bonds is 5. The number of carbonyl (C=O) groups is 1. The molecule has 6 heteroatoms. The maximum absolute atomic E-state index is 12.5. The maximum Gasteiger partial charge on any atom is 0.273 e. The number of carbonyl (C=O) groups excluding carboxylic acids is 1. The standard InChI is InChI=1S/C18H23N3O2S/c1-3-23-17-7-5-4-6-15(17)11-20-8-9-21(14(2)10-20)18(22)16-12-24-13-19-16/h4-7,12-14H,3,8-11H2,1-2H3/t14-/m1/s1. The molecule has 1 aromatic heterocycles. The highest BCUT2D eigenvalue weighted by Gasteiger charge is 2.29. The van der Waals surface area contributed by atoms with Gasteiger partial charge in [0.15, 0.2) is 0 Å². The molecule has 1 amide bonds. The van der Waals surface area contributed by atoms with E-state index in [1.807, 2.05) is 35.4 Å². The highest BCUT2D eigenvalue weighted by Crippen LogP contribution is 2.22. The van der Waals surface area contributed by atoms with Crippen LogP contribution in [-0.4, -0.2) is 53.0 Å². The Morgan fingerprint density at radius 1 is 1.38 bits per heavy atom. The summed E-state index contributed by atoms with van der Waals surface area (Å²) in [5.74, 6) is 0.992. The quantitative estimate of drug-likeness (QED) is 0.836. The van der Waals surface area contributed by atoms with Crippen molar-refractivity contribution in [3.63, 3.8) is 0 Å². The van der Waals surface area contributed by atoms with E-state index < -0.39 is 0 Å². The SMILES string of the molecule is CCOc1ccccc1CN1CCN(C(=O)c2cscn2)[C@H](C)C1. The Hall–Kier alpha value is -1.92. The Labute approximate surface area is 146 Å². The van der Waals surface area contributed by atoms with Crippen LogP contribution >= 0.6 is 11.3 Å². The van der Waals surface area contributed by atoms with Gasteiger partial charge in [-0.1, -0.05) is 18.2 Å². The summed E-state index contributed by atoms with van der Waals surface area (Å²) in [6, 6.07) is 8.35. The largest absolute Gasteiger partial charge is 0.494 e. The van der Waals surface area contributed by atoms with E-state index in [0.29, 0.717) is 12.3 Å². The molecule has 0 unspecified atom stereocenters. The first kappa shape index (κ1) is 16.9. The number of nitrogens with zero attached hydrogens (tertiary/aromatic N) is 3. The van der Waals surface area contributed by atoms with E-state index in [1.165, 1.54) is 16.9 Å². The summed E-state index contributed by atoms with van der Waals surface area (Å²) < 4.78 is 5.72. The molecule has 0 aliphatic carbocycles. The summed E-state index contributed by atoms with van der Waals surface area (Å²) in [6.07, 6.45) is 0. The van der Waals surface area contributed by atoms with Gasteiger partial charge in [0.05, 0.1) is 12.1 Å². The lowest BCUT2D eigenvalue weighted by Crippen LogP contribution is -2.53. The molecule has 0 N–H and O–H groups in total. The van der Waals surface area contributed by atoms with Gasteiger partial charge in [0.2, 0.25) is 0 Å². The molecule has 1 aromatic carbocycles. The van der Waals surface area contributed by atoms with E-state index in [1.54, 1.807) is 5.51 Å². The Morgan fingerprint density at radius 2 is 2.21 bits per heavy atom. The van der Waals surface area contributed by atoms with Crippen molar-refractivity contribution in [1.29, 1.82) is 0 Å². The van der Waals surface area contributed by atoms with Crippen molar-refractivity contribution < 1.29 is 9.53 Å². The van der Waals surface area contributed by atoms with Crippen LogP contribution in [0.1, 0.15) is 29.9 Å². The van der Waals surface area contributed by atoms with E-state index in [0.717, 1.165) is 31.9 Å². The summed E-state index contributed by atoms with van der Waals surface area (Å²) >= 11 is 1.46. The number of piperazine rings is 1. The number of hydrogen-bond donors (Lipinski definition) is 0. The summed E-state index contributed by atoms with van der Waals surface area (Å²) in [5, 5.41) is 1.82. The number of amides is 1. The highest BCUT2D eigenvalue weighted by atomic mass is 32.1. The molecule has 5 nitrogen and oxygen atoms in total. The molecular weight excluding hydrogens is 322 g/mol. The fourth-order valence-electron chi connectivity index (χ4n) is 3.12. The van der Waals surface area contributed by atoms with Crippen LogP contribution in [0.5, 0.6) is 5.75 Å². The van der Waals surface area contributed by atoms with Crippen LogP contribution in [0.3, 0.4) is 0 Å². The van der Waals surface area contributed by atoms with Crippen LogP contribution in [0.15, 0.2) is 35.2 Å². The molecule has 3 rings (SSSR count). The lowest BCUT2D eigenvalue weighted by atomic mass is 10.1. The molecular formula is C18H23N3O2S. The Morgan fingerprint density at radius 3 is 2.92 bits per heavy atom. The average Bonchev–Trinajstić information content (AvgIpc) is 3.11. The maximum atomic E-state index is 12.5. The van der Waals surface area contributed by atoms with E-state index >= 15 is 0 Å². The molecule has 128 valence electrons. The topological polar surface area (TPSA) is 45.7 Å². The molecule has 2 heterocycles. The molecule has 2 aromatic rings. The number of aromatic nitrogens is 1. The van der Waals surface area contributed by atoms with Crippen molar-refractivity contribution in [3.05, 3.63) is 46.4 Å². The summed E-state index contributed by atoms with van der Waals surface area (Å²) in [4.78, 5) is 21.0. The molecule has 0 spiro atoms. The lowest BCUT2D eigenvalue weighted by Gasteiger charge is -2.39. The van der Waals surface area contributed by atoms with Gasteiger partial charge in [0, 0.05) is 43.2 Å². The van der Waals surface area contributed by atoms with Gasteiger partial charge in [0.1, 0.15) is 11.4 Å². The van der Waals surface area contributed by atoms with Gasteiger partial charge in [-0.25, -0.2) is 4.98 Å². The summed E-state index contributed by atoms with van der Waals surface area (Å²) in [7, 11) is 0. The van der Waals surface area contributed by atoms with Gasteiger partial charge in [-0.05, 0) is 19.9 Å². The van der Waals surface area contributed by atoms with Gasteiger partial charge in [0.25, 0.3) is 5.91 Å².